The van der Waals surface area contributed by atoms with E-state index in [1.807, 2.05) is 0 Å². The van der Waals surface area contributed by atoms with Crippen LogP contribution >= 0.6 is 0 Å². The SMILES string of the molecule is C=CC(=O)OCCOc1cc(N)c(OCCOC(=O)C=C)cc1N.CCCCCCCCN(CCCCCCCC)c1ccc(N)c(C)c1.Nc1ccc([N+](=O)[O-])cc1. The van der Waals surface area contributed by atoms with Gasteiger partial charge in [-0.3, -0.25) is 10.1 Å². The standard InChI is InChI=1S/C23H42N2.C16H20N2O6.C6H6N2O2/c1-4-6-8-10-12-14-18-25(19-15-13-11-9-7-5-2)22-16-17-23(24)21(3)20-22;1-3-15(19)23-7-5-21-13-9-12(18)14(10-11(13)17)22-6-8-24-16(20)4-2;7-5-1-3-6(4-2-5)8(9)10/h16-17,20H,4-15,18-19,24H2,1-3H3;3-4,9-10H,1-2,5-8,17-18H2;1-4H,7H2. The second-order valence-electron chi connectivity index (χ2n) is 13.8. The summed E-state index contributed by atoms with van der Waals surface area (Å²) in [5.74, 6) is -0.390. The quantitative estimate of drug-likeness (QED) is 0.0148. The third-order valence-electron chi connectivity index (χ3n) is 8.93. The molecule has 0 unspecified atom stereocenters. The lowest BCUT2D eigenvalue weighted by atomic mass is 10.1. The fourth-order valence-electron chi connectivity index (χ4n) is 5.54. The molecule has 14 heteroatoms. The minimum Gasteiger partial charge on any atom is -0.488 e. The first-order chi connectivity index (χ1) is 28.4. The predicted octanol–water partition coefficient (Wildman–Crippen LogP) is 9.35. The summed E-state index contributed by atoms with van der Waals surface area (Å²) in [5, 5.41) is 10.1. The number of esters is 2. The molecule has 14 nitrogen and oxygen atoms in total. The van der Waals surface area contributed by atoms with E-state index in [-0.39, 0.29) is 32.1 Å². The zero-order valence-corrected chi connectivity index (χ0v) is 35.5. The number of nitro benzene ring substituents is 1. The first-order valence-corrected chi connectivity index (χ1v) is 20.5. The van der Waals surface area contributed by atoms with Crippen LogP contribution in [-0.2, 0) is 19.1 Å². The van der Waals surface area contributed by atoms with Crippen LogP contribution < -0.4 is 37.3 Å². The maximum absolute atomic E-state index is 10.9. The van der Waals surface area contributed by atoms with Crippen LogP contribution in [-0.4, -0.2) is 56.4 Å². The highest BCUT2D eigenvalue weighted by molar-refractivity contribution is 5.81. The zero-order chi connectivity index (χ0) is 43.8. The summed E-state index contributed by atoms with van der Waals surface area (Å²) in [5.41, 5.74) is 27.7. The summed E-state index contributed by atoms with van der Waals surface area (Å²) in [6, 6.07) is 15.3. The van der Waals surface area contributed by atoms with E-state index in [2.05, 4.69) is 57.0 Å². The molecule has 0 atom stereocenters. The molecule has 0 heterocycles. The molecule has 0 aliphatic rings. The van der Waals surface area contributed by atoms with Crippen LogP contribution in [0, 0.1) is 17.0 Å². The largest absolute Gasteiger partial charge is 0.488 e. The van der Waals surface area contributed by atoms with E-state index in [1.165, 1.54) is 138 Å². The van der Waals surface area contributed by atoms with Crippen LogP contribution in [0.3, 0.4) is 0 Å². The Bertz CT molecular complexity index is 1620. The molecule has 3 aromatic rings. The molecule has 0 radical (unpaired) electrons. The van der Waals surface area contributed by atoms with Crippen molar-refractivity contribution in [3.05, 3.63) is 95.6 Å². The van der Waals surface area contributed by atoms with E-state index in [0.717, 1.165) is 17.8 Å². The average molecular weight is 821 g/mol. The van der Waals surface area contributed by atoms with Crippen molar-refractivity contribution >= 4 is 46.1 Å². The first kappa shape index (κ1) is 51.1. The van der Waals surface area contributed by atoms with Crippen molar-refractivity contribution < 1.29 is 33.5 Å². The Balaban J connectivity index is 0.000000479. The smallest absolute Gasteiger partial charge is 0.330 e. The number of nitrogens with two attached hydrogens (primary N) is 4. The molecule has 0 bridgehead atoms. The summed E-state index contributed by atoms with van der Waals surface area (Å²) in [7, 11) is 0. The van der Waals surface area contributed by atoms with E-state index in [4.69, 9.17) is 41.9 Å². The first-order valence-electron chi connectivity index (χ1n) is 20.5. The number of non-ortho nitro benzene ring substituents is 1. The van der Waals surface area contributed by atoms with Crippen molar-refractivity contribution in [1.29, 1.82) is 0 Å². The van der Waals surface area contributed by atoms with Gasteiger partial charge < -0.3 is 46.8 Å². The van der Waals surface area contributed by atoms with E-state index in [9.17, 15) is 19.7 Å². The fourth-order valence-corrected chi connectivity index (χ4v) is 5.54. The lowest BCUT2D eigenvalue weighted by Gasteiger charge is -2.26. The second-order valence-corrected chi connectivity index (χ2v) is 13.8. The number of unbranched alkanes of at least 4 members (excludes halogenated alkanes) is 10. The van der Waals surface area contributed by atoms with Crippen LogP contribution in [0.5, 0.6) is 11.5 Å². The normalized spacial score (nSPS) is 10.2. The number of nitrogens with zero attached hydrogens (tertiary/aromatic N) is 2. The number of hydrogen-bond acceptors (Lipinski definition) is 13. The minimum atomic E-state index is -0.535. The van der Waals surface area contributed by atoms with Crippen LogP contribution in [0.15, 0.2) is 79.9 Å². The molecule has 8 N–H and O–H groups in total. The van der Waals surface area contributed by atoms with Crippen LogP contribution in [0.2, 0.25) is 0 Å². The highest BCUT2D eigenvalue weighted by Gasteiger charge is 2.10. The van der Waals surface area contributed by atoms with Crippen LogP contribution in [0.1, 0.15) is 96.5 Å². The number of aryl methyl sites for hydroxylation is 1. The molecule has 3 aromatic carbocycles. The Morgan fingerprint density at radius 2 is 1.08 bits per heavy atom. The Hall–Kier alpha value is -5.92. The van der Waals surface area contributed by atoms with Crippen molar-refractivity contribution in [3.8, 4) is 11.5 Å². The van der Waals surface area contributed by atoms with Gasteiger partial charge in [0, 0.05) is 66.6 Å². The molecule has 3 rings (SSSR count). The van der Waals surface area contributed by atoms with Crippen molar-refractivity contribution in [2.24, 2.45) is 0 Å². The Labute approximate surface area is 351 Å². The number of benzene rings is 3. The number of nitro groups is 1. The highest BCUT2D eigenvalue weighted by atomic mass is 16.6. The van der Waals surface area contributed by atoms with Gasteiger partial charge in [-0.15, -0.1) is 0 Å². The van der Waals surface area contributed by atoms with Gasteiger partial charge >= 0.3 is 11.9 Å². The number of hydrogen-bond donors (Lipinski definition) is 4. The summed E-state index contributed by atoms with van der Waals surface area (Å²) >= 11 is 0. The molecule has 0 amide bonds. The van der Waals surface area contributed by atoms with Gasteiger partial charge in [0.15, 0.2) is 0 Å². The van der Waals surface area contributed by atoms with E-state index < -0.39 is 16.9 Å². The maximum Gasteiger partial charge on any atom is 0.330 e. The molecular formula is C45H68N6O8. The average Bonchev–Trinajstić information content (AvgIpc) is 3.22. The Morgan fingerprint density at radius 1 is 0.644 bits per heavy atom. The van der Waals surface area contributed by atoms with Crippen LogP contribution in [0.4, 0.5) is 34.1 Å². The van der Waals surface area contributed by atoms with Crippen molar-refractivity contribution in [1.82, 2.24) is 0 Å². The summed E-state index contributed by atoms with van der Waals surface area (Å²) in [4.78, 5) is 34.0. The van der Waals surface area contributed by atoms with Gasteiger partial charge in [0.05, 0.1) is 16.3 Å². The van der Waals surface area contributed by atoms with Gasteiger partial charge in [-0.1, -0.05) is 91.2 Å². The number of carbonyl (C=O) groups is 2. The second kappa shape index (κ2) is 31.1. The van der Waals surface area contributed by atoms with Gasteiger partial charge in [-0.05, 0) is 55.7 Å². The highest BCUT2D eigenvalue weighted by Crippen LogP contribution is 2.33. The number of ether oxygens (including phenoxy) is 4. The van der Waals surface area contributed by atoms with Gasteiger partial charge in [-0.25, -0.2) is 9.59 Å². The fraction of sp³-hybridized carbons (Fsp3) is 0.467. The topological polar surface area (TPSA) is 222 Å². The molecule has 0 aliphatic heterocycles. The molecule has 326 valence electrons. The van der Waals surface area contributed by atoms with E-state index in [1.54, 1.807) is 0 Å². The van der Waals surface area contributed by atoms with E-state index >= 15 is 0 Å². The summed E-state index contributed by atoms with van der Waals surface area (Å²) in [6.45, 7) is 15.9. The van der Waals surface area contributed by atoms with Gasteiger partial charge in [-0.2, -0.15) is 0 Å². The van der Waals surface area contributed by atoms with Crippen molar-refractivity contribution in [2.75, 3.05) is 67.4 Å². The van der Waals surface area contributed by atoms with Gasteiger partial charge in [0.2, 0.25) is 0 Å². The van der Waals surface area contributed by atoms with Crippen molar-refractivity contribution in [3.63, 3.8) is 0 Å². The third-order valence-corrected chi connectivity index (χ3v) is 8.93. The van der Waals surface area contributed by atoms with E-state index in [0.29, 0.717) is 28.6 Å². The zero-order valence-electron chi connectivity index (χ0n) is 35.5. The lowest BCUT2D eigenvalue weighted by Crippen LogP contribution is -2.25. The molecule has 0 saturated carbocycles. The minimum absolute atomic E-state index is 0.0527. The number of rotatable bonds is 26. The lowest BCUT2D eigenvalue weighted by molar-refractivity contribution is -0.384. The molecular weight excluding hydrogens is 753 g/mol. The molecule has 0 aromatic heterocycles. The Morgan fingerprint density at radius 3 is 1.49 bits per heavy atom. The van der Waals surface area contributed by atoms with Gasteiger partial charge in [0.1, 0.15) is 37.9 Å². The maximum atomic E-state index is 10.9. The number of anilines is 5. The molecule has 59 heavy (non-hydrogen) atoms. The molecule has 0 spiro atoms. The monoisotopic (exact) mass is 821 g/mol. The molecule has 0 saturated heterocycles. The predicted molar refractivity (Wildman–Crippen MR) is 241 cm³/mol. The third kappa shape index (κ3) is 23.2. The number of nitrogen functional groups attached to an aromatic ring is 4. The number of carbonyl (C=O) groups excluding carboxylic acids is 2. The summed E-state index contributed by atoms with van der Waals surface area (Å²) < 4.78 is 20.3. The van der Waals surface area contributed by atoms with Crippen molar-refractivity contribution in [2.45, 2.75) is 97.8 Å². The Kier molecular flexibility index (Phi) is 27.0. The van der Waals surface area contributed by atoms with Gasteiger partial charge in [0.25, 0.3) is 5.69 Å². The van der Waals surface area contributed by atoms with Crippen LogP contribution in [0.25, 0.3) is 0 Å². The molecule has 0 fully saturated rings. The molecule has 0 aliphatic carbocycles. The summed E-state index contributed by atoms with van der Waals surface area (Å²) in [6.07, 6.45) is 18.5.